The molecule has 3 aromatic rings. The van der Waals surface area contributed by atoms with Crippen molar-refractivity contribution in [1.29, 1.82) is 0 Å². The Kier molecular flexibility index (Phi) is 5.05. The highest BCUT2D eigenvalue weighted by Crippen LogP contribution is 2.25. The third-order valence-corrected chi connectivity index (χ3v) is 4.00. The van der Waals surface area contributed by atoms with E-state index in [9.17, 15) is 4.39 Å². The van der Waals surface area contributed by atoms with Crippen molar-refractivity contribution >= 4 is 22.3 Å². The smallest absolute Gasteiger partial charge is 0.123 e. The Balaban J connectivity index is 2.10. The molecule has 0 atom stereocenters. The fourth-order valence-electron chi connectivity index (χ4n) is 2.68. The maximum atomic E-state index is 13.3. The summed E-state index contributed by atoms with van der Waals surface area (Å²) in [5, 5.41) is 0.982. The first-order valence-corrected chi connectivity index (χ1v) is 8.15. The van der Waals surface area contributed by atoms with Gasteiger partial charge >= 0.3 is 0 Å². The van der Waals surface area contributed by atoms with E-state index in [1.54, 1.807) is 18.3 Å². The van der Waals surface area contributed by atoms with Crippen LogP contribution < -0.4 is 5.73 Å². The largest absolute Gasteiger partial charge is 0.396 e. The van der Waals surface area contributed by atoms with Crippen LogP contribution in [0, 0.1) is 5.82 Å². The molecule has 0 aliphatic heterocycles. The summed E-state index contributed by atoms with van der Waals surface area (Å²) >= 11 is 0. The highest BCUT2D eigenvalue weighted by molar-refractivity contribution is 6.18. The molecular weight excluding hydrogens is 315 g/mol. The topological polar surface area (TPSA) is 54.5 Å². The van der Waals surface area contributed by atoms with E-state index in [4.69, 9.17) is 10.7 Å². The summed E-state index contributed by atoms with van der Waals surface area (Å²) in [6.07, 6.45) is 1.73. The van der Waals surface area contributed by atoms with Crippen LogP contribution in [0.2, 0.25) is 0 Å². The Bertz CT molecular complexity index is 901. The lowest BCUT2D eigenvalue weighted by Gasteiger charge is -2.13. The van der Waals surface area contributed by atoms with Gasteiger partial charge in [-0.1, -0.05) is 12.1 Å². The summed E-state index contributed by atoms with van der Waals surface area (Å²) in [5.41, 5.74) is 10.1. The molecule has 0 fully saturated rings. The van der Waals surface area contributed by atoms with Crippen molar-refractivity contribution in [3.8, 4) is 0 Å². The van der Waals surface area contributed by atoms with E-state index in [0.29, 0.717) is 12.2 Å². The average molecular weight is 336 g/mol. The highest BCUT2D eigenvalue weighted by atomic mass is 19.1. The monoisotopic (exact) mass is 336 g/mol. The molecule has 0 amide bonds. The molecule has 0 saturated carbocycles. The number of nitrogen functional groups attached to an aromatic ring is 1. The molecule has 2 N–H and O–H groups in total. The van der Waals surface area contributed by atoms with Crippen molar-refractivity contribution < 1.29 is 4.39 Å². The number of hydrogen-bond donors (Lipinski definition) is 1. The summed E-state index contributed by atoms with van der Waals surface area (Å²) < 4.78 is 13.3. The van der Waals surface area contributed by atoms with Crippen LogP contribution in [-0.4, -0.2) is 42.8 Å². The van der Waals surface area contributed by atoms with E-state index >= 15 is 0 Å². The predicted molar refractivity (Wildman–Crippen MR) is 102 cm³/mol. The summed E-state index contributed by atoms with van der Waals surface area (Å²) in [4.78, 5) is 11.2. The van der Waals surface area contributed by atoms with Gasteiger partial charge < -0.3 is 10.6 Å². The Morgan fingerprint density at radius 3 is 2.60 bits per heavy atom. The Hall–Kier alpha value is -2.79. The molecule has 1 aromatic heterocycles. The van der Waals surface area contributed by atoms with Crippen LogP contribution in [0.25, 0.3) is 10.9 Å². The molecule has 0 saturated heterocycles. The van der Waals surface area contributed by atoms with Crippen molar-refractivity contribution in [2.75, 3.05) is 32.9 Å². The van der Waals surface area contributed by atoms with Gasteiger partial charge in [0.2, 0.25) is 0 Å². The van der Waals surface area contributed by atoms with Crippen molar-refractivity contribution in [3.05, 3.63) is 71.7 Å². The predicted octanol–water partition coefficient (Wildman–Crippen LogP) is 3.36. The number of rotatable bonds is 5. The van der Waals surface area contributed by atoms with Crippen molar-refractivity contribution in [2.24, 2.45) is 4.99 Å². The van der Waals surface area contributed by atoms with Crippen LogP contribution in [0.1, 0.15) is 11.1 Å². The van der Waals surface area contributed by atoms with E-state index in [1.807, 2.05) is 38.4 Å². The maximum absolute atomic E-state index is 13.3. The second-order valence-corrected chi connectivity index (χ2v) is 6.14. The molecule has 0 spiro atoms. The first-order chi connectivity index (χ1) is 12.1. The number of fused-ring (bicyclic) bond motifs is 1. The minimum absolute atomic E-state index is 0.274. The Morgan fingerprint density at radius 1 is 1.12 bits per heavy atom. The SMILES string of the molecule is CN(C)CCN=C(c1ccc(F)cc1)c1ccc2cccnc2c1N. The van der Waals surface area contributed by atoms with Gasteiger partial charge in [-0.3, -0.25) is 9.98 Å². The molecule has 25 heavy (non-hydrogen) atoms. The zero-order valence-corrected chi connectivity index (χ0v) is 14.4. The number of anilines is 1. The number of pyridine rings is 1. The minimum atomic E-state index is -0.274. The quantitative estimate of drug-likeness (QED) is 0.574. The van der Waals surface area contributed by atoms with Gasteiger partial charge in [0, 0.05) is 29.3 Å². The van der Waals surface area contributed by atoms with Crippen molar-refractivity contribution in [1.82, 2.24) is 9.88 Å². The number of likely N-dealkylation sites (N-methyl/N-ethyl adjacent to an activating group) is 1. The second-order valence-electron chi connectivity index (χ2n) is 6.14. The zero-order chi connectivity index (χ0) is 17.8. The first kappa shape index (κ1) is 17.0. The molecule has 128 valence electrons. The molecule has 0 aliphatic carbocycles. The van der Waals surface area contributed by atoms with E-state index in [-0.39, 0.29) is 5.82 Å². The molecule has 1 heterocycles. The summed E-state index contributed by atoms with van der Waals surface area (Å²) in [6, 6.07) is 14.1. The van der Waals surface area contributed by atoms with Gasteiger partial charge in [-0.15, -0.1) is 0 Å². The molecule has 0 bridgehead atoms. The van der Waals surface area contributed by atoms with Crippen LogP contribution in [-0.2, 0) is 0 Å². The Morgan fingerprint density at radius 2 is 1.88 bits per heavy atom. The zero-order valence-electron chi connectivity index (χ0n) is 14.4. The van der Waals surface area contributed by atoms with Gasteiger partial charge in [-0.05, 0) is 50.5 Å². The third kappa shape index (κ3) is 3.83. The van der Waals surface area contributed by atoms with E-state index < -0.39 is 0 Å². The summed E-state index contributed by atoms with van der Waals surface area (Å²) in [6.45, 7) is 1.44. The standard InChI is InChI=1S/C20H21FN4/c1-25(2)13-12-24-19(15-5-8-16(21)9-6-15)17-10-7-14-4-3-11-23-20(14)18(17)22/h3-11H,12-13,22H2,1-2H3. The fourth-order valence-corrected chi connectivity index (χ4v) is 2.68. The van der Waals surface area contributed by atoms with Gasteiger partial charge in [0.15, 0.2) is 0 Å². The molecular formula is C20H21FN4. The average Bonchev–Trinajstić information content (AvgIpc) is 2.61. The summed E-state index contributed by atoms with van der Waals surface area (Å²) in [5.74, 6) is -0.274. The molecule has 4 nitrogen and oxygen atoms in total. The molecule has 5 heteroatoms. The highest BCUT2D eigenvalue weighted by Gasteiger charge is 2.13. The lowest BCUT2D eigenvalue weighted by atomic mass is 9.98. The van der Waals surface area contributed by atoms with E-state index in [1.165, 1.54) is 12.1 Å². The van der Waals surface area contributed by atoms with Crippen LogP contribution in [0.15, 0.2) is 59.7 Å². The van der Waals surface area contributed by atoms with Crippen LogP contribution in [0.4, 0.5) is 10.1 Å². The molecule has 0 unspecified atom stereocenters. The molecule has 0 radical (unpaired) electrons. The van der Waals surface area contributed by atoms with E-state index in [0.717, 1.165) is 34.3 Å². The molecule has 0 aliphatic rings. The van der Waals surface area contributed by atoms with Gasteiger partial charge in [0.05, 0.1) is 23.5 Å². The fraction of sp³-hybridized carbons (Fsp3) is 0.200. The number of hydrogen-bond acceptors (Lipinski definition) is 4. The van der Waals surface area contributed by atoms with Crippen LogP contribution >= 0.6 is 0 Å². The third-order valence-electron chi connectivity index (χ3n) is 4.00. The van der Waals surface area contributed by atoms with Crippen LogP contribution in [0.5, 0.6) is 0 Å². The van der Waals surface area contributed by atoms with Gasteiger partial charge in [0.1, 0.15) is 5.82 Å². The maximum Gasteiger partial charge on any atom is 0.123 e. The first-order valence-electron chi connectivity index (χ1n) is 8.15. The number of benzene rings is 2. The Labute approximate surface area is 146 Å². The van der Waals surface area contributed by atoms with Crippen molar-refractivity contribution in [2.45, 2.75) is 0 Å². The second kappa shape index (κ2) is 7.40. The van der Waals surface area contributed by atoms with Gasteiger partial charge in [-0.2, -0.15) is 0 Å². The lowest BCUT2D eigenvalue weighted by molar-refractivity contribution is 0.420. The van der Waals surface area contributed by atoms with Crippen molar-refractivity contribution in [3.63, 3.8) is 0 Å². The van der Waals surface area contributed by atoms with Gasteiger partial charge in [-0.25, -0.2) is 4.39 Å². The van der Waals surface area contributed by atoms with E-state index in [2.05, 4.69) is 9.88 Å². The lowest BCUT2D eigenvalue weighted by Crippen LogP contribution is -2.17. The number of nitrogens with zero attached hydrogens (tertiary/aromatic N) is 3. The molecule has 2 aromatic carbocycles. The van der Waals surface area contributed by atoms with Crippen LogP contribution in [0.3, 0.4) is 0 Å². The number of halogens is 1. The van der Waals surface area contributed by atoms with Gasteiger partial charge in [0.25, 0.3) is 0 Å². The number of aromatic nitrogens is 1. The normalized spacial score (nSPS) is 12.1. The minimum Gasteiger partial charge on any atom is -0.396 e. The number of nitrogens with two attached hydrogens (primary N) is 1. The molecule has 3 rings (SSSR count). The summed E-state index contributed by atoms with van der Waals surface area (Å²) in [7, 11) is 4.00. The number of aliphatic imine (C=N–C) groups is 1.